The quantitative estimate of drug-likeness (QED) is 0.774. The Hall–Kier alpha value is -2.69. The predicted molar refractivity (Wildman–Crippen MR) is 90.4 cm³/mol. The molecule has 0 unspecified atom stereocenters. The Morgan fingerprint density at radius 3 is 2.58 bits per heavy atom. The minimum Gasteiger partial charge on any atom is -0.478 e. The van der Waals surface area contributed by atoms with E-state index in [1.165, 1.54) is 0 Å². The van der Waals surface area contributed by atoms with Crippen LogP contribution in [0.4, 0.5) is 0 Å². The maximum Gasteiger partial charge on any atom is 0.336 e. The van der Waals surface area contributed by atoms with Crippen LogP contribution in [0.2, 0.25) is 0 Å². The Bertz CT molecular complexity index is 964. The average molecular weight is 322 g/mol. The van der Waals surface area contributed by atoms with Gasteiger partial charge in [0, 0.05) is 22.6 Å². The number of rotatable bonds is 3. The lowest BCUT2D eigenvalue weighted by atomic mass is 9.95. The molecule has 1 aromatic carbocycles. The van der Waals surface area contributed by atoms with Crippen LogP contribution in [-0.4, -0.2) is 21.2 Å². The molecule has 0 saturated heterocycles. The predicted octanol–water partition coefficient (Wildman–Crippen LogP) is 4.39. The van der Waals surface area contributed by atoms with Crippen molar-refractivity contribution in [3.63, 3.8) is 0 Å². The maximum absolute atomic E-state index is 11.9. The van der Waals surface area contributed by atoms with Gasteiger partial charge in [0.1, 0.15) is 5.76 Å². The van der Waals surface area contributed by atoms with Gasteiger partial charge in [-0.2, -0.15) is 0 Å². The van der Waals surface area contributed by atoms with Crippen molar-refractivity contribution in [1.82, 2.24) is 10.1 Å². The third kappa shape index (κ3) is 2.19. The summed E-state index contributed by atoms with van der Waals surface area (Å²) in [5, 5.41) is 14.4. The second kappa shape index (κ2) is 5.16. The van der Waals surface area contributed by atoms with Crippen LogP contribution in [0.3, 0.4) is 0 Å². The summed E-state index contributed by atoms with van der Waals surface area (Å²) >= 11 is 0. The molecule has 122 valence electrons. The molecule has 1 aliphatic rings. The van der Waals surface area contributed by atoms with Crippen LogP contribution in [-0.2, 0) is 0 Å². The molecule has 5 nitrogen and oxygen atoms in total. The van der Waals surface area contributed by atoms with Gasteiger partial charge >= 0.3 is 5.97 Å². The Morgan fingerprint density at radius 1 is 1.25 bits per heavy atom. The first-order valence-corrected chi connectivity index (χ1v) is 8.08. The highest BCUT2D eigenvalue weighted by atomic mass is 16.5. The molecular formula is C19H18N2O3. The number of hydrogen-bond donors (Lipinski definition) is 1. The number of hydrogen-bond acceptors (Lipinski definition) is 4. The van der Waals surface area contributed by atoms with Gasteiger partial charge in [-0.1, -0.05) is 11.2 Å². The highest BCUT2D eigenvalue weighted by Gasteiger charge is 2.30. The van der Waals surface area contributed by atoms with Gasteiger partial charge in [0.15, 0.2) is 0 Å². The molecule has 0 atom stereocenters. The lowest BCUT2D eigenvalue weighted by Gasteiger charge is -2.12. The number of benzene rings is 1. The largest absolute Gasteiger partial charge is 0.478 e. The lowest BCUT2D eigenvalue weighted by Crippen LogP contribution is -2.06. The van der Waals surface area contributed by atoms with Gasteiger partial charge in [-0.25, -0.2) is 4.79 Å². The Labute approximate surface area is 139 Å². The number of aryl methyl sites for hydroxylation is 2. The first-order chi connectivity index (χ1) is 11.5. The van der Waals surface area contributed by atoms with E-state index in [-0.39, 0.29) is 0 Å². The van der Waals surface area contributed by atoms with Gasteiger partial charge in [0.25, 0.3) is 0 Å². The smallest absolute Gasteiger partial charge is 0.336 e. The molecule has 24 heavy (non-hydrogen) atoms. The van der Waals surface area contributed by atoms with E-state index in [0.29, 0.717) is 16.9 Å². The molecule has 0 amide bonds. The SMILES string of the molecule is Cc1noc(C)c1-c1ccc2nc(C3CC3)c(C)c(C(=O)O)c2c1. The number of carboxylic acids is 1. The van der Waals surface area contributed by atoms with Crippen LogP contribution in [0.5, 0.6) is 0 Å². The van der Waals surface area contributed by atoms with Crippen LogP contribution in [0.1, 0.15) is 51.8 Å². The summed E-state index contributed by atoms with van der Waals surface area (Å²) in [7, 11) is 0. The molecule has 5 heteroatoms. The molecule has 0 spiro atoms. The van der Waals surface area contributed by atoms with Crippen molar-refractivity contribution in [3.05, 3.63) is 46.5 Å². The molecule has 0 aliphatic heterocycles. The van der Waals surface area contributed by atoms with Crippen molar-refractivity contribution in [1.29, 1.82) is 0 Å². The monoisotopic (exact) mass is 322 g/mol. The highest BCUT2D eigenvalue weighted by Crippen LogP contribution is 2.42. The Kier molecular flexibility index (Phi) is 3.20. The fourth-order valence-corrected chi connectivity index (χ4v) is 3.46. The van der Waals surface area contributed by atoms with Gasteiger partial charge < -0.3 is 9.63 Å². The van der Waals surface area contributed by atoms with E-state index in [1.54, 1.807) is 0 Å². The number of nitrogens with zero attached hydrogens (tertiary/aromatic N) is 2. The summed E-state index contributed by atoms with van der Waals surface area (Å²) in [6, 6.07) is 5.75. The number of pyridine rings is 1. The minimum absolute atomic E-state index is 0.357. The zero-order valence-electron chi connectivity index (χ0n) is 13.9. The van der Waals surface area contributed by atoms with Gasteiger partial charge in [0.2, 0.25) is 0 Å². The zero-order chi connectivity index (χ0) is 17.0. The third-order valence-corrected chi connectivity index (χ3v) is 4.77. The normalized spacial score (nSPS) is 14.3. The molecule has 4 rings (SSSR count). The lowest BCUT2D eigenvalue weighted by molar-refractivity contribution is 0.0698. The van der Waals surface area contributed by atoms with Gasteiger partial charge in [-0.05, 0) is 56.9 Å². The second-order valence-corrected chi connectivity index (χ2v) is 6.51. The Balaban J connectivity index is 2.01. The number of fused-ring (bicyclic) bond motifs is 1. The molecular weight excluding hydrogens is 304 g/mol. The molecule has 3 aromatic rings. The van der Waals surface area contributed by atoms with Crippen LogP contribution in [0.15, 0.2) is 22.7 Å². The van der Waals surface area contributed by atoms with Crippen molar-refractivity contribution in [3.8, 4) is 11.1 Å². The first kappa shape index (κ1) is 14.9. The van der Waals surface area contributed by atoms with Gasteiger partial charge in [0.05, 0.1) is 16.8 Å². The fourth-order valence-electron chi connectivity index (χ4n) is 3.46. The molecule has 1 aliphatic carbocycles. The summed E-state index contributed by atoms with van der Waals surface area (Å²) < 4.78 is 5.24. The molecule has 1 fully saturated rings. The summed E-state index contributed by atoms with van der Waals surface area (Å²) in [6.45, 7) is 5.61. The first-order valence-electron chi connectivity index (χ1n) is 8.08. The van der Waals surface area contributed by atoms with E-state index in [0.717, 1.165) is 52.2 Å². The summed E-state index contributed by atoms with van der Waals surface area (Å²) in [6.07, 6.45) is 2.19. The van der Waals surface area contributed by atoms with Crippen LogP contribution < -0.4 is 0 Å². The van der Waals surface area contributed by atoms with Gasteiger partial charge in [-0.3, -0.25) is 4.98 Å². The summed E-state index contributed by atoms with van der Waals surface area (Å²) in [4.78, 5) is 16.6. The minimum atomic E-state index is -0.905. The van der Waals surface area contributed by atoms with Crippen LogP contribution in [0.25, 0.3) is 22.0 Å². The molecule has 2 aromatic heterocycles. The summed E-state index contributed by atoms with van der Waals surface area (Å²) in [5.74, 6) is 0.232. The average Bonchev–Trinajstić information content (AvgIpc) is 3.31. The molecule has 1 saturated carbocycles. The molecule has 2 heterocycles. The highest BCUT2D eigenvalue weighted by molar-refractivity contribution is 6.05. The standard InChI is InChI=1S/C19H18N2O3/c1-9-16(19(22)23)14-8-13(17-10(2)21-24-11(17)3)6-7-15(14)20-18(9)12-4-5-12/h6-8,12H,4-5H2,1-3H3,(H,22,23). The van der Waals surface area contributed by atoms with E-state index < -0.39 is 5.97 Å². The van der Waals surface area contributed by atoms with E-state index in [9.17, 15) is 9.90 Å². The maximum atomic E-state index is 11.9. The van der Waals surface area contributed by atoms with Crippen LogP contribution in [0, 0.1) is 20.8 Å². The second-order valence-electron chi connectivity index (χ2n) is 6.51. The van der Waals surface area contributed by atoms with Gasteiger partial charge in [-0.15, -0.1) is 0 Å². The zero-order valence-corrected chi connectivity index (χ0v) is 13.9. The molecule has 1 N–H and O–H groups in total. The molecule has 0 radical (unpaired) electrons. The van der Waals surface area contributed by atoms with Crippen molar-refractivity contribution in [2.24, 2.45) is 0 Å². The van der Waals surface area contributed by atoms with Crippen molar-refractivity contribution >= 4 is 16.9 Å². The number of aromatic nitrogens is 2. The number of carboxylic acid groups (broad SMARTS) is 1. The van der Waals surface area contributed by atoms with E-state index in [4.69, 9.17) is 9.51 Å². The van der Waals surface area contributed by atoms with Crippen molar-refractivity contribution in [2.75, 3.05) is 0 Å². The third-order valence-electron chi connectivity index (χ3n) is 4.77. The summed E-state index contributed by atoms with van der Waals surface area (Å²) in [5.41, 5.74) is 5.42. The van der Waals surface area contributed by atoms with E-state index in [1.807, 2.05) is 39.0 Å². The topological polar surface area (TPSA) is 76.2 Å². The van der Waals surface area contributed by atoms with E-state index in [2.05, 4.69) is 5.16 Å². The molecule has 0 bridgehead atoms. The number of carbonyl (C=O) groups is 1. The Morgan fingerprint density at radius 2 is 2.00 bits per heavy atom. The van der Waals surface area contributed by atoms with Crippen molar-refractivity contribution < 1.29 is 14.4 Å². The van der Waals surface area contributed by atoms with Crippen LogP contribution >= 0.6 is 0 Å². The number of aromatic carboxylic acids is 1. The fraction of sp³-hybridized carbons (Fsp3) is 0.316. The van der Waals surface area contributed by atoms with Crippen molar-refractivity contribution in [2.45, 2.75) is 39.5 Å². The van der Waals surface area contributed by atoms with E-state index >= 15 is 0 Å².